The van der Waals surface area contributed by atoms with E-state index in [1.807, 2.05) is 37.3 Å². The summed E-state index contributed by atoms with van der Waals surface area (Å²) in [5.41, 5.74) is 3.69. The topological polar surface area (TPSA) is 139 Å². The number of rotatable bonds is 13. The number of benzene rings is 1. The van der Waals surface area contributed by atoms with E-state index in [9.17, 15) is 14.4 Å². The first kappa shape index (κ1) is 31.1. The van der Waals surface area contributed by atoms with Gasteiger partial charge in [-0.2, -0.15) is 5.10 Å². The van der Waals surface area contributed by atoms with Gasteiger partial charge in [0.25, 0.3) is 0 Å². The Hall–Kier alpha value is -3.82. The number of allylic oxidation sites excluding steroid dienone is 3. The zero-order chi connectivity index (χ0) is 29.9. The van der Waals surface area contributed by atoms with E-state index in [4.69, 9.17) is 0 Å². The summed E-state index contributed by atoms with van der Waals surface area (Å²) in [7, 11) is 2.65. The minimum absolute atomic E-state index is 0.0981. The highest BCUT2D eigenvalue weighted by molar-refractivity contribution is 7.27. The lowest BCUT2D eigenvalue weighted by atomic mass is 9.98. The van der Waals surface area contributed by atoms with E-state index in [0.29, 0.717) is 23.9 Å². The van der Waals surface area contributed by atoms with E-state index in [-0.39, 0.29) is 17.7 Å². The first-order chi connectivity index (χ1) is 20.3. The van der Waals surface area contributed by atoms with Crippen molar-refractivity contribution in [2.24, 2.45) is 0 Å². The average molecular weight is 606 g/mol. The van der Waals surface area contributed by atoms with Crippen molar-refractivity contribution >= 4 is 54.6 Å². The maximum atomic E-state index is 12.9. The summed E-state index contributed by atoms with van der Waals surface area (Å²) in [6, 6.07) is 9.45. The largest absolute Gasteiger partial charge is 0.352 e. The second-order valence-electron chi connectivity index (χ2n) is 10.2. The van der Waals surface area contributed by atoms with E-state index in [0.717, 1.165) is 71.2 Å². The number of unbranched alkanes of at least 4 members (excludes halogenated alkanes) is 1. The molecule has 1 aliphatic carbocycles. The maximum absolute atomic E-state index is 12.9. The van der Waals surface area contributed by atoms with Crippen molar-refractivity contribution in [3.8, 4) is 0 Å². The van der Waals surface area contributed by atoms with Crippen molar-refractivity contribution in [3.05, 3.63) is 76.0 Å². The molecule has 0 saturated heterocycles. The van der Waals surface area contributed by atoms with Crippen LogP contribution in [-0.2, 0) is 33.8 Å². The molecule has 4 rings (SSSR count). The Labute approximate surface area is 252 Å². The Balaban J connectivity index is 1.18. The third-order valence-corrected chi connectivity index (χ3v) is 8.24. The minimum atomic E-state index is -0.397. The third-order valence-electron chi connectivity index (χ3n) is 6.78. The van der Waals surface area contributed by atoms with E-state index in [1.54, 1.807) is 6.07 Å². The summed E-state index contributed by atoms with van der Waals surface area (Å²) in [5, 5.41) is 27.5. The molecule has 3 amide bonds. The molecule has 12 heteroatoms. The quantitative estimate of drug-likeness (QED) is 0.194. The van der Waals surface area contributed by atoms with E-state index >= 15 is 0 Å². The number of carbonyl (C=O) groups is 3. The molecule has 0 bridgehead atoms. The van der Waals surface area contributed by atoms with Crippen molar-refractivity contribution in [3.63, 3.8) is 0 Å². The summed E-state index contributed by atoms with van der Waals surface area (Å²) >= 11 is 1.38. The Morgan fingerprint density at radius 3 is 2.57 bits per heavy atom. The van der Waals surface area contributed by atoms with Crippen molar-refractivity contribution in [1.29, 1.82) is 0 Å². The summed E-state index contributed by atoms with van der Waals surface area (Å²) in [6.07, 6.45) is 11.8. The molecule has 0 spiro atoms. The SMILES string of the molecule is CC(=O)NCc1cc(C(C)C(=O)Nc2nnc(CCCCc3ccc(NC(=O)CC4=CCCC=C4)nn3)s2)ccc1P. The number of hydrogen-bond acceptors (Lipinski definition) is 8. The molecule has 10 nitrogen and oxygen atoms in total. The number of anilines is 2. The van der Waals surface area contributed by atoms with Gasteiger partial charge in [0, 0.05) is 19.9 Å². The molecule has 3 N–H and O–H groups in total. The van der Waals surface area contributed by atoms with Crippen LogP contribution in [0.2, 0.25) is 0 Å². The second kappa shape index (κ2) is 15.4. The predicted octanol–water partition coefficient (Wildman–Crippen LogP) is 4.38. The minimum Gasteiger partial charge on any atom is -0.352 e. The standard InChI is InChI=1S/C30H36N7O3PS/c1-19(22-12-14-25(41)23(17-22)18-31-20(2)38)29(40)33-30-37-36-28(42-30)11-7-6-10-24-13-15-26(35-34-24)32-27(39)16-21-8-4-3-5-9-21/h4,8-9,12-15,17,19H,3,5-7,10-11,16,18,41H2,1-2H3,(H,31,38)(H,32,35,39)(H,33,37,40). The fourth-order valence-electron chi connectivity index (χ4n) is 4.35. The Morgan fingerprint density at radius 2 is 1.83 bits per heavy atom. The average Bonchev–Trinajstić information content (AvgIpc) is 3.42. The number of amides is 3. The van der Waals surface area contributed by atoms with Gasteiger partial charge in [0.05, 0.1) is 18.0 Å². The fourth-order valence-corrected chi connectivity index (χ4v) is 5.42. The summed E-state index contributed by atoms with van der Waals surface area (Å²) < 4.78 is 0. The van der Waals surface area contributed by atoms with Gasteiger partial charge in [-0.3, -0.25) is 14.4 Å². The molecule has 1 aromatic carbocycles. The molecular formula is C30H36N7O3PS. The second-order valence-corrected chi connectivity index (χ2v) is 11.9. The van der Waals surface area contributed by atoms with Crippen LogP contribution in [0.3, 0.4) is 0 Å². The van der Waals surface area contributed by atoms with Gasteiger partial charge in [0.15, 0.2) is 5.82 Å². The van der Waals surface area contributed by atoms with Crippen LogP contribution in [0.15, 0.2) is 54.1 Å². The summed E-state index contributed by atoms with van der Waals surface area (Å²) in [5.74, 6) is -0.312. The van der Waals surface area contributed by atoms with Gasteiger partial charge in [0.1, 0.15) is 5.01 Å². The van der Waals surface area contributed by atoms with Crippen LogP contribution in [-0.4, -0.2) is 38.1 Å². The summed E-state index contributed by atoms with van der Waals surface area (Å²) in [6.45, 7) is 3.72. The van der Waals surface area contributed by atoms with Crippen molar-refractivity contribution < 1.29 is 14.4 Å². The molecule has 0 radical (unpaired) electrons. The van der Waals surface area contributed by atoms with Gasteiger partial charge >= 0.3 is 0 Å². The lowest BCUT2D eigenvalue weighted by molar-refractivity contribution is -0.119. The fraction of sp³-hybridized carbons (Fsp3) is 0.367. The number of carbonyl (C=O) groups excluding carboxylic acids is 3. The Bertz CT molecular complexity index is 1470. The summed E-state index contributed by atoms with van der Waals surface area (Å²) in [4.78, 5) is 36.4. The molecule has 2 unspecified atom stereocenters. The van der Waals surface area contributed by atoms with Crippen molar-refractivity contribution in [2.75, 3.05) is 10.6 Å². The molecule has 0 saturated carbocycles. The number of aromatic nitrogens is 4. The van der Waals surface area contributed by atoms with Crippen LogP contribution in [0.5, 0.6) is 0 Å². The zero-order valence-corrected chi connectivity index (χ0v) is 25.8. The van der Waals surface area contributed by atoms with Crippen LogP contribution in [0.25, 0.3) is 0 Å². The highest BCUT2D eigenvalue weighted by Crippen LogP contribution is 2.22. The van der Waals surface area contributed by atoms with Crippen LogP contribution in [0.4, 0.5) is 10.9 Å². The van der Waals surface area contributed by atoms with Gasteiger partial charge in [0.2, 0.25) is 22.9 Å². The lowest BCUT2D eigenvalue weighted by Gasteiger charge is -2.14. The number of nitrogens with one attached hydrogen (secondary N) is 3. The highest BCUT2D eigenvalue weighted by Gasteiger charge is 2.18. The van der Waals surface area contributed by atoms with Crippen LogP contribution in [0, 0.1) is 0 Å². The van der Waals surface area contributed by atoms with Gasteiger partial charge < -0.3 is 16.0 Å². The van der Waals surface area contributed by atoms with Crippen molar-refractivity contribution in [2.45, 2.75) is 71.3 Å². The molecule has 2 aromatic heterocycles. The maximum Gasteiger partial charge on any atom is 0.233 e. The highest BCUT2D eigenvalue weighted by atomic mass is 32.1. The molecule has 0 fully saturated rings. The van der Waals surface area contributed by atoms with Gasteiger partial charge in [-0.05, 0) is 73.2 Å². The van der Waals surface area contributed by atoms with Crippen LogP contribution in [0.1, 0.15) is 73.7 Å². The van der Waals surface area contributed by atoms with E-state index in [1.165, 1.54) is 18.3 Å². The number of hydrogen-bond donors (Lipinski definition) is 3. The first-order valence-corrected chi connectivity index (χ1v) is 15.4. The Kier molecular flexibility index (Phi) is 11.4. The lowest BCUT2D eigenvalue weighted by Crippen LogP contribution is -2.23. The first-order valence-electron chi connectivity index (χ1n) is 14.0. The zero-order valence-electron chi connectivity index (χ0n) is 23.9. The third kappa shape index (κ3) is 9.63. The van der Waals surface area contributed by atoms with Gasteiger partial charge in [-0.1, -0.05) is 47.8 Å². The molecule has 220 valence electrons. The van der Waals surface area contributed by atoms with Crippen LogP contribution >= 0.6 is 20.6 Å². The van der Waals surface area contributed by atoms with Crippen molar-refractivity contribution in [1.82, 2.24) is 25.7 Å². The predicted molar refractivity (Wildman–Crippen MR) is 169 cm³/mol. The normalized spacial score (nSPS) is 13.3. The monoisotopic (exact) mass is 605 g/mol. The van der Waals surface area contributed by atoms with Gasteiger partial charge in [-0.15, -0.1) is 24.5 Å². The van der Waals surface area contributed by atoms with E-state index < -0.39 is 5.92 Å². The molecule has 3 aromatic rings. The number of nitrogens with zero attached hydrogens (tertiary/aromatic N) is 4. The molecular weight excluding hydrogens is 569 g/mol. The Morgan fingerprint density at radius 1 is 1.00 bits per heavy atom. The van der Waals surface area contributed by atoms with Gasteiger partial charge in [-0.25, -0.2) is 0 Å². The van der Waals surface area contributed by atoms with E-state index in [2.05, 4.69) is 57.7 Å². The number of aryl methyl sites for hydroxylation is 2. The molecule has 0 aliphatic heterocycles. The smallest absolute Gasteiger partial charge is 0.233 e. The molecule has 2 heterocycles. The molecule has 1 aliphatic rings. The van der Waals surface area contributed by atoms with Crippen LogP contribution < -0.4 is 21.3 Å². The molecule has 2 atom stereocenters. The molecule has 42 heavy (non-hydrogen) atoms.